The van der Waals surface area contributed by atoms with Gasteiger partial charge in [-0.3, -0.25) is 4.90 Å². The molecule has 6 heteroatoms. The van der Waals surface area contributed by atoms with Crippen molar-refractivity contribution in [2.45, 2.75) is 51.0 Å². The Morgan fingerprint density at radius 2 is 2.10 bits per heavy atom. The second-order valence-corrected chi connectivity index (χ2v) is 6.27. The molecule has 0 aromatic carbocycles. The van der Waals surface area contributed by atoms with Crippen LogP contribution in [0.3, 0.4) is 0 Å². The molecule has 6 nitrogen and oxygen atoms in total. The Morgan fingerprint density at radius 3 is 2.86 bits per heavy atom. The summed E-state index contributed by atoms with van der Waals surface area (Å²) in [7, 11) is 0. The lowest BCUT2D eigenvalue weighted by atomic mass is 9.97. The fourth-order valence-corrected chi connectivity index (χ4v) is 3.03. The van der Waals surface area contributed by atoms with E-state index in [-0.39, 0.29) is 0 Å². The molecule has 3 heterocycles. The van der Waals surface area contributed by atoms with Crippen molar-refractivity contribution in [3.63, 3.8) is 0 Å². The lowest BCUT2D eigenvalue weighted by Gasteiger charge is -2.30. The molecule has 1 aliphatic carbocycles. The zero-order chi connectivity index (χ0) is 14.2. The number of hydrogen-bond acceptors (Lipinski definition) is 6. The average molecular weight is 288 g/mol. The Balaban J connectivity index is 1.41. The number of aromatic nitrogens is 3. The molecule has 0 radical (unpaired) electrons. The number of rotatable bonds is 4. The maximum atomic E-state index is 5.39. The Morgan fingerprint density at radius 1 is 1.19 bits per heavy atom. The summed E-state index contributed by atoms with van der Waals surface area (Å²) in [6.45, 7) is 4.81. The van der Waals surface area contributed by atoms with E-state index < -0.39 is 0 Å². The van der Waals surface area contributed by atoms with Crippen LogP contribution >= 0.6 is 0 Å². The summed E-state index contributed by atoms with van der Waals surface area (Å²) in [6, 6.07) is 2.00. The molecule has 112 valence electrons. The molecular weight excluding hydrogens is 268 g/mol. The number of piperidine rings is 1. The van der Waals surface area contributed by atoms with Crippen LogP contribution in [-0.4, -0.2) is 33.3 Å². The molecule has 0 N–H and O–H groups in total. The van der Waals surface area contributed by atoms with Crippen LogP contribution in [-0.2, 0) is 6.54 Å². The molecule has 2 fully saturated rings. The van der Waals surface area contributed by atoms with Gasteiger partial charge in [0.05, 0.1) is 12.2 Å². The van der Waals surface area contributed by atoms with Crippen LogP contribution in [0.15, 0.2) is 15.1 Å². The van der Waals surface area contributed by atoms with Gasteiger partial charge in [-0.15, -0.1) is 0 Å². The van der Waals surface area contributed by atoms with E-state index >= 15 is 0 Å². The molecule has 0 spiro atoms. The standard InChI is InChI=1S/C15H20N4O2/c1-10-7-13(20-17-10)9-19-6-2-3-12(8-19)14-16-15(21-18-14)11-4-5-11/h7,11-12H,2-6,8-9H2,1H3/t12-/m1/s1. The highest BCUT2D eigenvalue weighted by Crippen LogP contribution is 2.39. The zero-order valence-corrected chi connectivity index (χ0v) is 12.3. The highest BCUT2D eigenvalue weighted by Gasteiger charge is 2.32. The van der Waals surface area contributed by atoms with Crippen molar-refractivity contribution < 1.29 is 9.05 Å². The summed E-state index contributed by atoms with van der Waals surface area (Å²) in [5.41, 5.74) is 0.936. The third-order valence-corrected chi connectivity index (χ3v) is 4.31. The zero-order valence-electron chi connectivity index (χ0n) is 12.3. The van der Waals surface area contributed by atoms with E-state index in [0.29, 0.717) is 11.8 Å². The van der Waals surface area contributed by atoms with Crippen molar-refractivity contribution in [1.82, 2.24) is 20.2 Å². The van der Waals surface area contributed by atoms with Crippen molar-refractivity contribution in [2.75, 3.05) is 13.1 Å². The van der Waals surface area contributed by atoms with Crippen LogP contribution in [0, 0.1) is 6.92 Å². The molecule has 4 rings (SSSR count). The minimum Gasteiger partial charge on any atom is -0.360 e. The van der Waals surface area contributed by atoms with E-state index in [2.05, 4.69) is 20.2 Å². The minimum absolute atomic E-state index is 0.374. The van der Waals surface area contributed by atoms with Crippen molar-refractivity contribution in [3.8, 4) is 0 Å². The molecule has 2 aliphatic rings. The monoisotopic (exact) mass is 288 g/mol. The van der Waals surface area contributed by atoms with Gasteiger partial charge in [-0.05, 0) is 39.2 Å². The molecule has 1 saturated carbocycles. The lowest BCUT2D eigenvalue weighted by molar-refractivity contribution is 0.176. The van der Waals surface area contributed by atoms with E-state index in [1.165, 1.54) is 12.8 Å². The molecule has 0 unspecified atom stereocenters. The Bertz CT molecular complexity index is 617. The van der Waals surface area contributed by atoms with Gasteiger partial charge in [0.1, 0.15) is 0 Å². The maximum absolute atomic E-state index is 5.39. The summed E-state index contributed by atoms with van der Waals surface area (Å²) in [4.78, 5) is 6.99. The third-order valence-electron chi connectivity index (χ3n) is 4.31. The van der Waals surface area contributed by atoms with Crippen molar-refractivity contribution in [3.05, 3.63) is 29.2 Å². The van der Waals surface area contributed by atoms with Crippen LogP contribution in [0.25, 0.3) is 0 Å². The van der Waals surface area contributed by atoms with Gasteiger partial charge in [0.15, 0.2) is 11.6 Å². The first-order valence-electron chi connectivity index (χ1n) is 7.76. The second kappa shape index (κ2) is 5.26. The molecule has 21 heavy (non-hydrogen) atoms. The fourth-order valence-electron chi connectivity index (χ4n) is 3.03. The van der Waals surface area contributed by atoms with E-state index in [4.69, 9.17) is 9.05 Å². The normalized spacial score (nSPS) is 23.6. The first kappa shape index (κ1) is 13.0. The quantitative estimate of drug-likeness (QED) is 0.861. The van der Waals surface area contributed by atoms with Gasteiger partial charge in [0.2, 0.25) is 5.89 Å². The van der Waals surface area contributed by atoms with E-state index in [1.807, 2.05) is 13.0 Å². The van der Waals surface area contributed by atoms with Gasteiger partial charge in [-0.25, -0.2) is 0 Å². The van der Waals surface area contributed by atoms with Crippen molar-refractivity contribution >= 4 is 0 Å². The van der Waals surface area contributed by atoms with Gasteiger partial charge < -0.3 is 9.05 Å². The summed E-state index contributed by atoms with van der Waals surface area (Å²) < 4.78 is 10.7. The summed E-state index contributed by atoms with van der Waals surface area (Å²) in [5.74, 6) is 3.56. The largest absolute Gasteiger partial charge is 0.360 e. The van der Waals surface area contributed by atoms with Gasteiger partial charge in [0.25, 0.3) is 0 Å². The first-order valence-corrected chi connectivity index (χ1v) is 7.76. The lowest BCUT2D eigenvalue weighted by Crippen LogP contribution is -2.34. The van der Waals surface area contributed by atoms with E-state index in [9.17, 15) is 0 Å². The van der Waals surface area contributed by atoms with Crippen LogP contribution in [0.2, 0.25) is 0 Å². The Labute approximate surface area is 123 Å². The Hall–Kier alpha value is -1.69. The first-order chi connectivity index (χ1) is 10.3. The number of likely N-dealkylation sites (tertiary alicyclic amines) is 1. The number of hydrogen-bond donors (Lipinski definition) is 0. The summed E-state index contributed by atoms with van der Waals surface area (Å²) in [5, 5.41) is 8.15. The van der Waals surface area contributed by atoms with Gasteiger partial charge >= 0.3 is 0 Å². The van der Waals surface area contributed by atoms with Crippen LogP contribution in [0.4, 0.5) is 0 Å². The van der Waals surface area contributed by atoms with Crippen molar-refractivity contribution in [1.29, 1.82) is 0 Å². The smallest absolute Gasteiger partial charge is 0.229 e. The highest BCUT2D eigenvalue weighted by atomic mass is 16.5. The summed E-state index contributed by atoms with van der Waals surface area (Å²) >= 11 is 0. The maximum Gasteiger partial charge on any atom is 0.229 e. The van der Waals surface area contributed by atoms with Crippen LogP contribution in [0.5, 0.6) is 0 Å². The average Bonchev–Trinajstić information content (AvgIpc) is 3.07. The predicted octanol–water partition coefficient (Wildman–Crippen LogP) is 2.62. The highest BCUT2D eigenvalue weighted by molar-refractivity contribution is 5.07. The minimum atomic E-state index is 0.374. The topological polar surface area (TPSA) is 68.2 Å². The number of aryl methyl sites for hydroxylation is 1. The number of nitrogens with zero attached hydrogens (tertiary/aromatic N) is 4. The van der Waals surface area contributed by atoms with Gasteiger partial charge in [-0.2, -0.15) is 4.98 Å². The fraction of sp³-hybridized carbons (Fsp3) is 0.667. The van der Waals surface area contributed by atoms with E-state index in [0.717, 1.165) is 55.6 Å². The van der Waals surface area contributed by atoms with Crippen LogP contribution < -0.4 is 0 Å². The predicted molar refractivity (Wildman–Crippen MR) is 74.8 cm³/mol. The molecule has 2 aromatic rings. The van der Waals surface area contributed by atoms with Crippen molar-refractivity contribution in [2.24, 2.45) is 0 Å². The van der Waals surface area contributed by atoms with Crippen LogP contribution in [0.1, 0.15) is 60.7 Å². The molecular formula is C15H20N4O2. The van der Waals surface area contributed by atoms with E-state index in [1.54, 1.807) is 0 Å². The Kier molecular flexibility index (Phi) is 3.25. The molecule has 2 aromatic heterocycles. The molecule has 0 bridgehead atoms. The second-order valence-electron chi connectivity index (χ2n) is 6.27. The molecule has 1 saturated heterocycles. The summed E-state index contributed by atoms with van der Waals surface area (Å²) in [6.07, 6.45) is 4.69. The van der Waals surface area contributed by atoms with Gasteiger partial charge in [0, 0.05) is 24.4 Å². The molecule has 1 atom stereocenters. The molecule has 1 aliphatic heterocycles. The van der Waals surface area contributed by atoms with Gasteiger partial charge in [-0.1, -0.05) is 10.3 Å². The molecule has 0 amide bonds. The third kappa shape index (κ3) is 2.85. The SMILES string of the molecule is Cc1cc(CN2CCC[C@@H](c3noc(C4CC4)n3)C2)on1.